The van der Waals surface area contributed by atoms with E-state index in [0.29, 0.717) is 6.54 Å². The van der Waals surface area contributed by atoms with E-state index < -0.39 is 6.10 Å². The fourth-order valence-electron chi connectivity index (χ4n) is 3.42. The number of carbonyl (C=O) groups is 1. The van der Waals surface area contributed by atoms with E-state index in [-0.39, 0.29) is 12.7 Å². The number of benzene rings is 2. The summed E-state index contributed by atoms with van der Waals surface area (Å²) in [5.74, 6) is 2.08. The maximum Gasteiger partial charge on any atom is 0.261 e. The van der Waals surface area contributed by atoms with E-state index >= 15 is 0 Å². The Morgan fingerprint density at radius 2 is 1.88 bits per heavy atom. The minimum absolute atomic E-state index is 0.139. The monoisotopic (exact) mass is 353 g/mol. The predicted molar refractivity (Wildman–Crippen MR) is 97.6 cm³/mol. The molecule has 1 atom stereocenters. The number of aryl methyl sites for hydroxylation is 2. The summed E-state index contributed by atoms with van der Waals surface area (Å²) in [7, 11) is 0. The van der Waals surface area contributed by atoms with Gasteiger partial charge in [-0.2, -0.15) is 0 Å². The molecule has 136 valence electrons. The molecule has 2 aliphatic rings. The number of nitrogens with one attached hydrogen (secondary N) is 1. The van der Waals surface area contributed by atoms with Gasteiger partial charge in [0.1, 0.15) is 5.75 Å². The van der Waals surface area contributed by atoms with Crippen molar-refractivity contribution >= 4 is 5.91 Å². The highest BCUT2D eigenvalue weighted by atomic mass is 16.7. The molecular formula is C21H23NO4. The van der Waals surface area contributed by atoms with Gasteiger partial charge in [0.15, 0.2) is 17.6 Å². The quantitative estimate of drug-likeness (QED) is 0.895. The minimum atomic E-state index is -0.550. The number of amides is 1. The van der Waals surface area contributed by atoms with Gasteiger partial charge in [-0.3, -0.25) is 4.79 Å². The Labute approximate surface area is 153 Å². The van der Waals surface area contributed by atoms with Crippen molar-refractivity contribution in [1.29, 1.82) is 0 Å². The van der Waals surface area contributed by atoms with Crippen molar-refractivity contribution < 1.29 is 19.0 Å². The molecule has 0 fully saturated rings. The topological polar surface area (TPSA) is 56.8 Å². The van der Waals surface area contributed by atoms with Crippen molar-refractivity contribution in [3.63, 3.8) is 0 Å². The van der Waals surface area contributed by atoms with Crippen molar-refractivity contribution in [2.45, 2.75) is 45.3 Å². The molecule has 5 nitrogen and oxygen atoms in total. The van der Waals surface area contributed by atoms with E-state index in [0.717, 1.165) is 35.7 Å². The summed E-state index contributed by atoms with van der Waals surface area (Å²) in [5.41, 5.74) is 3.72. The molecule has 0 spiro atoms. The van der Waals surface area contributed by atoms with Crippen molar-refractivity contribution in [2.24, 2.45) is 0 Å². The molecular weight excluding hydrogens is 330 g/mol. The Hall–Kier alpha value is -2.69. The van der Waals surface area contributed by atoms with Crippen LogP contribution in [0.4, 0.5) is 0 Å². The molecule has 0 bridgehead atoms. The SMILES string of the molecule is C[C@H](Oc1ccc2c(c1)CCCC2)C(=O)NCc1ccc2c(c1)OCO2. The first kappa shape index (κ1) is 16.8. The first-order valence-corrected chi connectivity index (χ1v) is 9.14. The van der Waals surface area contributed by atoms with Crippen LogP contribution in [-0.4, -0.2) is 18.8 Å². The van der Waals surface area contributed by atoms with Gasteiger partial charge < -0.3 is 19.5 Å². The van der Waals surface area contributed by atoms with Gasteiger partial charge in [0.25, 0.3) is 5.91 Å². The number of ether oxygens (including phenoxy) is 3. The second-order valence-electron chi connectivity index (χ2n) is 6.80. The van der Waals surface area contributed by atoms with Crippen molar-refractivity contribution in [2.75, 3.05) is 6.79 Å². The lowest BCUT2D eigenvalue weighted by Crippen LogP contribution is -2.35. The average Bonchev–Trinajstić information content (AvgIpc) is 3.13. The molecule has 1 amide bonds. The predicted octanol–water partition coefficient (Wildman–Crippen LogP) is 3.38. The Bertz CT molecular complexity index is 818. The van der Waals surface area contributed by atoms with E-state index in [2.05, 4.69) is 17.4 Å². The Morgan fingerprint density at radius 3 is 2.77 bits per heavy atom. The number of hydrogen-bond donors (Lipinski definition) is 1. The van der Waals surface area contributed by atoms with E-state index in [9.17, 15) is 4.79 Å². The molecule has 1 heterocycles. The second-order valence-corrected chi connectivity index (χ2v) is 6.80. The van der Waals surface area contributed by atoms with Crippen LogP contribution in [-0.2, 0) is 24.2 Å². The van der Waals surface area contributed by atoms with Gasteiger partial charge in [-0.05, 0) is 73.6 Å². The molecule has 5 heteroatoms. The lowest BCUT2D eigenvalue weighted by molar-refractivity contribution is -0.127. The fourth-order valence-corrected chi connectivity index (χ4v) is 3.42. The number of fused-ring (bicyclic) bond motifs is 2. The summed E-state index contributed by atoms with van der Waals surface area (Å²) in [6, 6.07) is 11.8. The maximum absolute atomic E-state index is 12.4. The average molecular weight is 353 g/mol. The molecule has 0 aromatic heterocycles. The minimum Gasteiger partial charge on any atom is -0.481 e. The zero-order chi connectivity index (χ0) is 17.9. The van der Waals surface area contributed by atoms with Crippen LogP contribution in [0.2, 0.25) is 0 Å². The molecule has 2 aromatic carbocycles. The molecule has 1 aliphatic heterocycles. The Morgan fingerprint density at radius 1 is 1.08 bits per heavy atom. The second kappa shape index (κ2) is 7.28. The molecule has 0 saturated carbocycles. The van der Waals surface area contributed by atoms with Crippen LogP contribution in [0.15, 0.2) is 36.4 Å². The highest BCUT2D eigenvalue weighted by Crippen LogP contribution is 2.32. The molecule has 2 aromatic rings. The molecule has 1 aliphatic carbocycles. The zero-order valence-electron chi connectivity index (χ0n) is 14.9. The van der Waals surface area contributed by atoms with Crippen molar-refractivity contribution in [3.05, 3.63) is 53.1 Å². The van der Waals surface area contributed by atoms with Crippen LogP contribution in [0, 0.1) is 0 Å². The molecule has 0 saturated heterocycles. The highest BCUT2D eigenvalue weighted by Gasteiger charge is 2.17. The van der Waals surface area contributed by atoms with Crippen molar-refractivity contribution in [1.82, 2.24) is 5.32 Å². The van der Waals surface area contributed by atoms with Crippen molar-refractivity contribution in [3.8, 4) is 17.2 Å². The lowest BCUT2D eigenvalue weighted by atomic mass is 9.92. The van der Waals surface area contributed by atoms with Gasteiger partial charge in [0.2, 0.25) is 6.79 Å². The third-order valence-corrected chi connectivity index (χ3v) is 4.91. The van der Waals surface area contributed by atoms with Crippen LogP contribution in [0.1, 0.15) is 36.5 Å². The summed E-state index contributed by atoms with van der Waals surface area (Å²) < 4.78 is 16.5. The van der Waals surface area contributed by atoms with Crippen LogP contribution < -0.4 is 19.5 Å². The molecule has 4 rings (SSSR count). The Kier molecular flexibility index (Phi) is 4.69. The zero-order valence-corrected chi connectivity index (χ0v) is 14.9. The Balaban J connectivity index is 1.33. The van der Waals surface area contributed by atoms with Gasteiger partial charge in [-0.1, -0.05) is 12.1 Å². The number of rotatable bonds is 5. The highest BCUT2D eigenvalue weighted by molar-refractivity contribution is 5.80. The first-order valence-electron chi connectivity index (χ1n) is 9.14. The maximum atomic E-state index is 12.4. The van der Waals surface area contributed by atoms with E-state index in [1.54, 1.807) is 6.92 Å². The normalized spacial score (nSPS) is 15.9. The summed E-state index contributed by atoms with van der Waals surface area (Å²) in [4.78, 5) is 12.4. The van der Waals surface area contributed by atoms with Gasteiger partial charge in [-0.15, -0.1) is 0 Å². The van der Waals surface area contributed by atoms with Gasteiger partial charge >= 0.3 is 0 Å². The van der Waals surface area contributed by atoms with Crippen LogP contribution in [0.5, 0.6) is 17.2 Å². The van der Waals surface area contributed by atoms with Gasteiger partial charge in [0, 0.05) is 6.54 Å². The smallest absolute Gasteiger partial charge is 0.261 e. The number of carbonyl (C=O) groups excluding carboxylic acids is 1. The fraction of sp³-hybridized carbons (Fsp3) is 0.381. The van der Waals surface area contributed by atoms with E-state index in [4.69, 9.17) is 14.2 Å². The summed E-state index contributed by atoms with van der Waals surface area (Å²) >= 11 is 0. The van der Waals surface area contributed by atoms with Crippen LogP contribution in [0.3, 0.4) is 0 Å². The third kappa shape index (κ3) is 3.62. The van der Waals surface area contributed by atoms with E-state index in [1.807, 2.05) is 24.3 Å². The molecule has 1 N–H and O–H groups in total. The molecule has 0 unspecified atom stereocenters. The molecule has 26 heavy (non-hydrogen) atoms. The van der Waals surface area contributed by atoms with Gasteiger partial charge in [0.05, 0.1) is 0 Å². The summed E-state index contributed by atoms with van der Waals surface area (Å²) in [5, 5.41) is 2.91. The van der Waals surface area contributed by atoms with Crippen LogP contribution in [0.25, 0.3) is 0 Å². The van der Waals surface area contributed by atoms with E-state index in [1.165, 1.54) is 24.0 Å². The lowest BCUT2D eigenvalue weighted by Gasteiger charge is -2.19. The summed E-state index contributed by atoms with van der Waals surface area (Å²) in [6.45, 7) is 2.44. The largest absolute Gasteiger partial charge is 0.481 e. The molecule has 0 radical (unpaired) electrons. The van der Waals surface area contributed by atoms with Gasteiger partial charge in [-0.25, -0.2) is 0 Å². The third-order valence-electron chi connectivity index (χ3n) is 4.91. The summed E-state index contributed by atoms with van der Waals surface area (Å²) in [6.07, 6.45) is 4.16. The van der Waals surface area contributed by atoms with Crippen LogP contribution >= 0.6 is 0 Å². The standard InChI is InChI=1S/C21H23NO4/c1-14(26-18-8-7-16-4-2-3-5-17(16)11-18)21(23)22-12-15-6-9-19-20(10-15)25-13-24-19/h6-11,14H,2-5,12-13H2,1H3,(H,22,23)/t14-/m0/s1. The first-order chi connectivity index (χ1) is 12.7. The number of hydrogen-bond acceptors (Lipinski definition) is 4.